The summed E-state index contributed by atoms with van der Waals surface area (Å²) < 4.78 is 4.92. The van der Waals surface area contributed by atoms with Gasteiger partial charge in [0.2, 0.25) is 5.91 Å². The van der Waals surface area contributed by atoms with Gasteiger partial charge in [0.25, 0.3) is 0 Å². The lowest BCUT2D eigenvalue weighted by Crippen LogP contribution is -2.40. The summed E-state index contributed by atoms with van der Waals surface area (Å²) in [4.78, 5) is 31.9. The fourth-order valence-corrected chi connectivity index (χ4v) is 3.50. The largest absolute Gasteiger partial charge is 0.447 e. The molecule has 0 aromatic heterocycles. The molecule has 0 bridgehead atoms. The zero-order valence-electron chi connectivity index (χ0n) is 14.3. The second kappa shape index (κ2) is 7.27. The van der Waals surface area contributed by atoms with Crippen LogP contribution >= 0.6 is 0 Å². The monoisotopic (exact) mass is 352 g/mol. The summed E-state index contributed by atoms with van der Waals surface area (Å²) in [6, 6.07) is 19.5. The molecular formula is C20H20N2O4. The molecule has 6 heteroatoms. The molecule has 2 aromatic rings. The van der Waals surface area contributed by atoms with Crippen LogP contribution in [-0.4, -0.2) is 41.7 Å². The van der Waals surface area contributed by atoms with Gasteiger partial charge in [-0.05, 0) is 11.1 Å². The van der Waals surface area contributed by atoms with E-state index in [9.17, 15) is 9.59 Å². The predicted octanol–water partition coefficient (Wildman–Crippen LogP) is 2.77. The molecule has 0 aliphatic carbocycles. The Kier molecular flexibility index (Phi) is 4.69. The minimum atomic E-state index is -0.566. The van der Waals surface area contributed by atoms with Gasteiger partial charge in [0.05, 0.1) is 25.1 Å². The molecule has 2 heterocycles. The van der Waals surface area contributed by atoms with Crippen LogP contribution in [-0.2, 0) is 20.9 Å². The van der Waals surface area contributed by atoms with Gasteiger partial charge in [-0.2, -0.15) is 5.06 Å². The van der Waals surface area contributed by atoms with Crippen LogP contribution < -0.4 is 0 Å². The minimum Gasteiger partial charge on any atom is -0.447 e. The Bertz CT molecular complexity index is 781. The highest BCUT2D eigenvalue weighted by Crippen LogP contribution is 2.37. The first-order valence-electron chi connectivity index (χ1n) is 8.70. The summed E-state index contributed by atoms with van der Waals surface area (Å²) in [6.45, 7) is 1.36. The molecule has 6 nitrogen and oxygen atoms in total. The van der Waals surface area contributed by atoms with Crippen LogP contribution in [0.25, 0.3) is 0 Å². The van der Waals surface area contributed by atoms with Gasteiger partial charge in [-0.25, -0.2) is 9.69 Å². The predicted molar refractivity (Wildman–Crippen MR) is 93.7 cm³/mol. The van der Waals surface area contributed by atoms with Crippen LogP contribution in [0.1, 0.15) is 17.2 Å². The van der Waals surface area contributed by atoms with Crippen LogP contribution in [0.5, 0.6) is 0 Å². The standard InChI is InChI=1S/C20H20N2O4/c23-19(21-11-12-25-20(21)24)17-14-26-22(13-15-7-3-1-4-8-15)18(17)16-9-5-2-6-10-16/h1-10,17-18H,11-14H2/t17-,18+/m1/s1. The maximum absolute atomic E-state index is 13.0. The molecular weight excluding hydrogens is 332 g/mol. The van der Waals surface area contributed by atoms with Crippen LogP contribution in [0.2, 0.25) is 0 Å². The van der Waals surface area contributed by atoms with Gasteiger partial charge < -0.3 is 4.74 Å². The molecule has 0 N–H and O–H groups in total. The van der Waals surface area contributed by atoms with Crippen LogP contribution in [0.15, 0.2) is 60.7 Å². The van der Waals surface area contributed by atoms with Crippen molar-refractivity contribution in [2.45, 2.75) is 12.6 Å². The summed E-state index contributed by atoms with van der Waals surface area (Å²) in [5.74, 6) is -0.691. The van der Waals surface area contributed by atoms with E-state index in [1.165, 1.54) is 4.90 Å². The normalized spacial score (nSPS) is 23.2. The van der Waals surface area contributed by atoms with Crippen molar-refractivity contribution in [3.05, 3.63) is 71.8 Å². The fraction of sp³-hybridized carbons (Fsp3) is 0.300. The molecule has 0 spiro atoms. The molecule has 2 aliphatic heterocycles. The van der Waals surface area contributed by atoms with Gasteiger partial charge in [0, 0.05) is 6.54 Å². The van der Waals surface area contributed by atoms with Crippen LogP contribution in [0, 0.1) is 5.92 Å². The van der Waals surface area contributed by atoms with Crippen molar-refractivity contribution in [2.75, 3.05) is 19.8 Å². The summed E-state index contributed by atoms with van der Waals surface area (Å²) in [5, 5.41) is 1.84. The van der Waals surface area contributed by atoms with Crippen LogP contribution in [0.3, 0.4) is 0 Å². The topological polar surface area (TPSA) is 59.1 Å². The van der Waals surface area contributed by atoms with E-state index in [0.29, 0.717) is 13.1 Å². The summed E-state index contributed by atoms with van der Waals surface area (Å²) >= 11 is 0. The zero-order valence-corrected chi connectivity index (χ0v) is 14.3. The Morgan fingerprint density at radius 1 is 1.04 bits per heavy atom. The number of nitrogens with zero attached hydrogens (tertiary/aromatic N) is 2. The van der Waals surface area contributed by atoms with E-state index >= 15 is 0 Å². The number of hydroxylamine groups is 2. The van der Waals surface area contributed by atoms with Gasteiger partial charge in [0.15, 0.2) is 0 Å². The van der Waals surface area contributed by atoms with Crippen LogP contribution in [0.4, 0.5) is 4.79 Å². The lowest BCUT2D eigenvalue weighted by atomic mass is 9.92. The van der Waals surface area contributed by atoms with Gasteiger partial charge >= 0.3 is 6.09 Å². The maximum atomic E-state index is 13.0. The van der Waals surface area contributed by atoms with Gasteiger partial charge in [-0.3, -0.25) is 9.63 Å². The quantitative estimate of drug-likeness (QED) is 0.847. The van der Waals surface area contributed by atoms with Gasteiger partial charge in [0.1, 0.15) is 6.61 Å². The molecule has 2 aliphatic rings. The first-order chi connectivity index (χ1) is 12.7. The first kappa shape index (κ1) is 16.8. The lowest BCUT2D eigenvalue weighted by molar-refractivity contribution is -0.141. The van der Waals surface area contributed by atoms with Crippen molar-refractivity contribution < 1.29 is 19.2 Å². The minimum absolute atomic E-state index is 0.239. The van der Waals surface area contributed by atoms with E-state index in [0.717, 1.165) is 11.1 Å². The number of imide groups is 1. The number of cyclic esters (lactones) is 1. The molecule has 0 radical (unpaired) electrons. The number of carbonyl (C=O) groups excluding carboxylic acids is 2. The number of ether oxygens (including phenoxy) is 1. The number of rotatable bonds is 4. The molecule has 4 rings (SSSR count). The molecule has 2 amide bonds. The van der Waals surface area contributed by atoms with E-state index in [2.05, 4.69) is 0 Å². The Labute approximate surface area is 151 Å². The van der Waals surface area contributed by atoms with Crippen molar-refractivity contribution >= 4 is 12.0 Å². The molecule has 0 unspecified atom stereocenters. The highest BCUT2D eigenvalue weighted by atomic mass is 16.7. The summed E-state index contributed by atoms with van der Waals surface area (Å²) in [5.41, 5.74) is 2.09. The fourth-order valence-electron chi connectivity index (χ4n) is 3.50. The van der Waals surface area contributed by atoms with E-state index in [-0.39, 0.29) is 25.2 Å². The Morgan fingerprint density at radius 3 is 2.38 bits per heavy atom. The molecule has 134 valence electrons. The molecule has 2 atom stereocenters. The Morgan fingerprint density at radius 2 is 1.73 bits per heavy atom. The van der Waals surface area contributed by atoms with Crippen molar-refractivity contribution in [2.24, 2.45) is 5.92 Å². The maximum Gasteiger partial charge on any atom is 0.416 e. The number of hydrogen-bond donors (Lipinski definition) is 0. The molecule has 2 aromatic carbocycles. The van der Waals surface area contributed by atoms with Crippen molar-refractivity contribution in [1.82, 2.24) is 9.96 Å². The average molecular weight is 352 g/mol. The zero-order chi connectivity index (χ0) is 17.9. The van der Waals surface area contributed by atoms with Crippen molar-refractivity contribution in [1.29, 1.82) is 0 Å². The number of benzene rings is 2. The number of hydrogen-bond acceptors (Lipinski definition) is 5. The van der Waals surface area contributed by atoms with E-state index in [1.54, 1.807) is 0 Å². The van der Waals surface area contributed by atoms with Crippen molar-refractivity contribution in [3.8, 4) is 0 Å². The number of carbonyl (C=O) groups is 2. The summed E-state index contributed by atoms with van der Waals surface area (Å²) in [6.07, 6.45) is -0.566. The molecule has 0 saturated carbocycles. The second-order valence-corrected chi connectivity index (χ2v) is 6.42. The smallest absolute Gasteiger partial charge is 0.416 e. The lowest BCUT2D eigenvalue weighted by Gasteiger charge is -2.26. The van der Waals surface area contributed by atoms with Gasteiger partial charge in [-0.1, -0.05) is 60.7 Å². The highest BCUT2D eigenvalue weighted by molar-refractivity contribution is 5.94. The molecule has 2 fully saturated rings. The van der Waals surface area contributed by atoms with Crippen molar-refractivity contribution in [3.63, 3.8) is 0 Å². The number of amides is 2. The van der Waals surface area contributed by atoms with E-state index in [4.69, 9.17) is 9.57 Å². The second-order valence-electron chi connectivity index (χ2n) is 6.42. The molecule has 2 saturated heterocycles. The summed E-state index contributed by atoms with van der Waals surface area (Å²) in [7, 11) is 0. The third kappa shape index (κ3) is 3.21. The van der Waals surface area contributed by atoms with Gasteiger partial charge in [-0.15, -0.1) is 0 Å². The van der Waals surface area contributed by atoms with E-state index < -0.39 is 12.0 Å². The molecule has 26 heavy (non-hydrogen) atoms. The SMILES string of the molecule is O=C1OCCN1C(=O)[C@@H]1CON(Cc2ccccc2)[C@H]1c1ccccc1. The third-order valence-corrected chi connectivity index (χ3v) is 4.78. The third-order valence-electron chi connectivity index (χ3n) is 4.78. The first-order valence-corrected chi connectivity index (χ1v) is 8.70. The Balaban J connectivity index is 1.61. The van der Waals surface area contributed by atoms with E-state index in [1.807, 2.05) is 65.7 Å². The average Bonchev–Trinajstić information content (AvgIpc) is 3.29. The highest BCUT2D eigenvalue weighted by Gasteiger charge is 2.45. The Hall–Kier alpha value is -2.70.